The number of aryl methyl sites for hydroxylation is 1. The Morgan fingerprint density at radius 2 is 1.91 bits per heavy atom. The van der Waals surface area contributed by atoms with Crippen molar-refractivity contribution < 1.29 is 13.6 Å². The second-order valence-corrected chi connectivity index (χ2v) is 7.69. The molecule has 0 aliphatic rings. The minimum absolute atomic E-state index is 0.0951. The number of carbonyl (C=O) groups excluding carboxylic acids is 1. The predicted molar refractivity (Wildman–Crippen MR) is 122 cm³/mol. The Labute approximate surface area is 186 Å². The number of carbonyl (C=O) groups is 1. The third-order valence-electron chi connectivity index (χ3n) is 5.72. The Morgan fingerprint density at radius 3 is 2.67 bits per heavy atom. The number of aromatic nitrogens is 4. The van der Waals surface area contributed by atoms with Gasteiger partial charge < -0.3 is 10.2 Å². The number of aldehydes is 1. The van der Waals surface area contributed by atoms with Crippen molar-refractivity contribution in [3.05, 3.63) is 82.0 Å². The summed E-state index contributed by atoms with van der Waals surface area (Å²) in [7, 11) is 0. The highest BCUT2D eigenvalue weighted by atomic mass is 19.1. The monoisotopic (exact) mass is 443 g/mol. The van der Waals surface area contributed by atoms with Crippen molar-refractivity contribution >= 4 is 33.9 Å². The largest absolute Gasteiger partial charge is 0.424 e. The Morgan fingerprint density at radius 1 is 1.15 bits per heavy atom. The minimum atomic E-state index is -0.633. The van der Waals surface area contributed by atoms with Crippen molar-refractivity contribution in [3.8, 4) is 11.1 Å². The van der Waals surface area contributed by atoms with E-state index in [0.29, 0.717) is 56.5 Å². The summed E-state index contributed by atoms with van der Waals surface area (Å²) in [5.74, 6) is -0.0417. The fraction of sp³-hybridized carbons (Fsp3) is 0.125. The van der Waals surface area contributed by atoms with Crippen LogP contribution in [0.5, 0.6) is 0 Å². The summed E-state index contributed by atoms with van der Waals surface area (Å²) in [5, 5.41) is 6.17. The lowest BCUT2D eigenvalue weighted by atomic mass is 9.95. The van der Waals surface area contributed by atoms with Gasteiger partial charge >= 0.3 is 5.63 Å². The van der Waals surface area contributed by atoms with Gasteiger partial charge in [0.1, 0.15) is 29.8 Å². The van der Waals surface area contributed by atoms with E-state index in [0.717, 1.165) is 0 Å². The molecule has 1 atom stereocenters. The number of nitrogens with zero attached hydrogens (tertiary/aromatic N) is 4. The molecule has 164 valence electrons. The molecule has 2 N–H and O–H groups in total. The van der Waals surface area contributed by atoms with Gasteiger partial charge in [0.05, 0.1) is 22.0 Å². The quantitative estimate of drug-likeness (QED) is 0.416. The summed E-state index contributed by atoms with van der Waals surface area (Å²) >= 11 is 0. The van der Waals surface area contributed by atoms with Gasteiger partial charge in [-0.25, -0.2) is 23.8 Å². The molecule has 0 bridgehead atoms. The van der Waals surface area contributed by atoms with Gasteiger partial charge in [0.25, 0.3) is 0 Å². The Kier molecular flexibility index (Phi) is 4.74. The van der Waals surface area contributed by atoms with Crippen LogP contribution in [0.4, 0.5) is 10.2 Å². The number of hydrogen-bond donors (Lipinski definition) is 1. The number of anilines is 1. The highest BCUT2D eigenvalue weighted by Crippen LogP contribution is 2.37. The van der Waals surface area contributed by atoms with Crippen LogP contribution in [0.3, 0.4) is 0 Å². The summed E-state index contributed by atoms with van der Waals surface area (Å²) in [6.45, 7) is 3.60. The van der Waals surface area contributed by atoms with Crippen molar-refractivity contribution in [2.45, 2.75) is 19.9 Å². The summed E-state index contributed by atoms with van der Waals surface area (Å²) in [4.78, 5) is 32.6. The molecule has 0 radical (unpaired) electrons. The SMILES string of the molecule is Cc1nn(C(C)c2oc(=O)c3ccccc3c2-c2ccc(F)c(C=O)c2)c2ncnc(N)c12. The van der Waals surface area contributed by atoms with Crippen LogP contribution < -0.4 is 11.4 Å². The van der Waals surface area contributed by atoms with Crippen molar-refractivity contribution in [1.82, 2.24) is 19.7 Å². The van der Waals surface area contributed by atoms with Gasteiger partial charge in [0, 0.05) is 10.9 Å². The first-order valence-electron chi connectivity index (χ1n) is 10.2. The first kappa shape index (κ1) is 20.5. The fourth-order valence-electron chi connectivity index (χ4n) is 4.15. The molecule has 3 heterocycles. The zero-order valence-corrected chi connectivity index (χ0v) is 17.7. The maximum absolute atomic E-state index is 14.1. The van der Waals surface area contributed by atoms with E-state index in [2.05, 4.69) is 15.1 Å². The molecule has 0 spiro atoms. The zero-order chi connectivity index (χ0) is 23.3. The summed E-state index contributed by atoms with van der Waals surface area (Å²) in [6, 6.07) is 10.6. The van der Waals surface area contributed by atoms with Gasteiger partial charge in [-0.1, -0.05) is 24.3 Å². The van der Waals surface area contributed by atoms with Crippen molar-refractivity contribution in [1.29, 1.82) is 0 Å². The van der Waals surface area contributed by atoms with Gasteiger partial charge in [-0.3, -0.25) is 4.79 Å². The first-order chi connectivity index (χ1) is 15.9. The topological polar surface area (TPSA) is 117 Å². The Bertz CT molecular complexity index is 1620. The number of halogens is 1. The van der Waals surface area contributed by atoms with E-state index in [1.165, 1.54) is 18.5 Å². The number of nitrogens with two attached hydrogens (primary N) is 1. The molecule has 0 amide bonds. The van der Waals surface area contributed by atoms with Crippen molar-refractivity contribution in [2.75, 3.05) is 5.73 Å². The highest BCUT2D eigenvalue weighted by Gasteiger charge is 2.25. The van der Waals surface area contributed by atoms with Crippen molar-refractivity contribution in [2.24, 2.45) is 0 Å². The molecular formula is C24H18FN5O3. The van der Waals surface area contributed by atoms with E-state index in [4.69, 9.17) is 10.2 Å². The second-order valence-electron chi connectivity index (χ2n) is 7.69. The van der Waals surface area contributed by atoms with E-state index < -0.39 is 17.5 Å². The maximum Gasteiger partial charge on any atom is 0.343 e. The lowest BCUT2D eigenvalue weighted by molar-refractivity contribution is 0.112. The maximum atomic E-state index is 14.1. The van der Waals surface area contributed by atoms with E-state index >= 15 is 0 Å². The van der Waals surface area contributed by atoms with Gasteiger partial charge in [-0.2, -0.15) is 5.10 Å². The molecule has 0 fully saturated rings. The molecule has 5 aromatic rings. The van der Waals surface area contributed by atoms with Gasteiger partial charge in [-0.15, -0.1) is 0 Å². The van der Waals surface area contributed by atoms with Crippen LogP contribution in [0, 0.1) is 12.7 Å². The molecule has 3 aromatic heterocycles. The number of benzene rings is 2. The van der Waals surface area contributed by atoms with E-state index in [1.807, 2.05) is 6.92 Å². The smallest absolute Gasteiger partial charge is 0.343 e. The molecule has 0 aliphatic carbocycles. The van der Waals surface area contributed by atoms with E-state index in [9.17, 15) is 14.0 Å². The van der Waals surface area contributed by atoms with Crippen LogP contribution in [0.25, 0.3) is 32.9 Å². The normalized spacial score (nSPS) is 12.3. The minimum Gasteiger partial charge on any atom is -0.424 e. The lowest BCUT2D eigenvalue weighted by Gasteiger charge is -2.18. The Hall–Kier alpha value is -4.40. The molecule has 33 heavy (non-hydrogen) atoms. The molecular weight excluding hydrogens is 425 g/mol. The number of fused-ring (bicyclic) bond motifs is 2. The second kappa shape index (κ2) is 7.63. The van der Waals surface area contributed by atoms with E-state index in [1.54, 1.807) is 41.9 Å². The summed E-state index contributed by atoms with van der Waals surface area (Å²) in [5.41, 5.74) is 7.62. The third-order valence-corrected chi connectivity index (χ3v) is 5.72. The predicted octanol–water partition coefficient (Wildman–Crippen LogP) is 4.05. The van der Waals surface area contributed by atoms with Crippen LogP contribution in [-0.2, 0) is 0 Å². The van der Waals surface area contributed by atoms with Crippen LogP contribution in [0.2, 0.25) is 0 Å². The average Bonchev–Trinajstić information content (AvgIpc) is 3.17. The van der Waals surface area contributed by atoms with Crippen LogP contribution in [0.1, 0.15) is 34.8 Å². The summed E-state index contributed by atoms with van der Waals surface area (Å²) in [6.07, 6.45) is 1.79. The molecule has 0 saturated carbocycles. The summed E-state index contributed by atoms with van der Waals surface area (Å²) < 4.78 is 21.5. The number of nitrogen functional groups attached to an aromatic ring is 1. The zero-order valence-electron chi connectivity index (χ0n) is 17.7. The standard InChI is InChI=1S/C24H18FN5O3/c1-12-19-22(26)27-11-28-23(19)30(29-12)13(2)21-20(14-7-8-18(25)15(9-14)10-31)16-5-3-4-6-17(16)24(32)33-21/h3-11,13H,1-2H3,(H2,26,27,28). The highest BCUT2D eigenvalue weighted by molar-refractivity contribution is 5.97. The number of rotatable bonds is 4. The molecule has 9 heteroatoms. The molecule has 2 aromatic carbocycles. The average molecular weight is 443 g/mol. The van der Waals surface area contributed by atoms with Crippen LogP contribution >= 0.6 is 0 Å². The fourth-order valence-corrected chi connectivity index (χ4v) is 4.15. The molecule has 8 nitrogen and oxygen atoms in total. The Balaban J connectivity index is 1.84. The molecule has 0 aliphatic heterocycles. The van der Waals surface area contributed by atoms with Crippen molar-refractivity contribution in [3.63, 3.8) is 0 Å². The van der Waals surface area contributed by atoms with Crippen LogP contribution in [-0.4, -0.2) is 26.0 Å². The number of hydrogen-bond acceptors (Lipinski definition) is 7. The molecule has 5 rings (SSSR count). The van der Waals surface area contributed by atoms with Gasteiger partial charge in [-0.05, 0) is 37.6 Å². The lowest BCUT2D eigenvalue weighted by Crippen LogP contribution is -2.14. The molecule has 1 unspecified atom stereocenters. The molecule has 0 saturated heterocycles. The van der Waals surface area contributed by atoms with Gasteiger partial charge in [0.15, 0.2) is 11.9 Å². The third kappa shape index (κ3) is 3.16. The first-order valence-corrected chi connectivity index (χ1v) is 10.2. The van der Waals surface area contributed by atoms with E-state index in [-0.39, 0.29) is 5.56 Å². The van der Waals surface area contributed by atoms with Crippen LogP contribution in [0.15, 0.2) is 58.0 Å². The van der Waals surface area contributed by atoms with Gasteiger partial charge in [0.2, 0.25) is 0 Å².